The summed E-state index contributed by atoms with van der Waals surface area (Å²) < 4.78 is 14.8. The summed E-state index contributed by atoms with van der Waals surface area (Å²) in [7, 11) is 0. The summed E-state index contributed by atoms with van der Waals surface area (Å²) in [5.74, 6) is -0.462. The van der Waals surface area contributed by atoms with Crippen LogP contribution in [-0.4, -0.2) is 20.7 Å². The van der Waals surface area contributed by atoms with Crippen molar-refractivity contribution < 1.29 is 9.18 Å². The molecular weight excluding hydrogens is 307 g/mol. The molecule has 0 fully saturated rings. The number of nitrogens with zero attached hydrogens (tertiary/aromatic N) is 3. The number of rotatable bonds is 6. The molecule has 1 amide bonds. The summed E-state index contributed by atoms with van der Waals surface area (Å²) in [5.41, 5.74) is 2.77. The van der Waals surface area contributed by atoms with Gasteiger partial charge in [-0.25, -0.2) is 14.1 Å². The zero-order valence-electron chi connectivity index (χ0n) is 13.0. The van der Waals surface area contributed by atoms with Gasteiger partial charge in [-0.15, -0.1) is 0 Å². The molecule has 0 atom stereocenters. The molecule has 0 aliphatic heterocycles. The molecule has 0 aliphatic carbocycles. The molecule has 0 saturated heterocycles. The first kappa shape index (κ1) is 15.9. The normalized spacial score (nSPS) is 10.5. The van der Waals surface area contributed by atoms with Gasteiger partial charge in [0.2, 0.25) is 5.91 Å². The van der Waals surface area contributed by atoms with Crippen molar-refractivity contribution in [1.82, 2.24) is 20.1 Å². The largest absolute Gasteiger partial charge is 0.352 e. The SMILES string of the molecule is O=C(Cc1cccc(F)c1)NCc1ccc(Cn2cncn2)cc1. The third-order valence-corrected chi connectivity index (χ3v) is 3.58. The Hall–Kier alpha value is -3.02. The Labute approximate surface area is 139 Å². The van der Waals surface area contributed by atoms with E-state index in [1.807, 2.05) is 24.3 Å². The van der Waals surface area contributed by atoms with Crippen LogP contribution in [-0.2, 0) is 24.3 Å². The Morgan fingerprint density at radius 3 is 2.58 bits per heavy atom. The van der Waals surface area contributed by atoms with Crippen molar-refractivity contribution in [1.29, 1.82) is 0 Å². The molecule has 0 bridgehead atoms. The van der Waals surface area contributed by atoms with E-state index in [9.17, 15) is 9.18 Å². The monoisotopic (exact) mass is 324 g/mol. The number of amides is 1. The summed E-state index contributed by atoms with van der Waals surface area (Å²) in [6, 6.07) is 14.0. The van der Waals surface area contributed by atoms with Gasteiger partial charge in [-0.3, -0.25) is 4.79 Å². The number of aromatic nitrogens is 3. The van der Waals surface area contributed by atoms with E-state index in [-0.39, 0.29) is 18.1 Å². The highest BCUT2D eigenvalue weighted by molar-refractivity contribution is 5.78. The molecule has 0 spiro atoms. The topological polar surface area (TPSA) is 59.8 Å². The first-order valence-corrected chi connectivity index (χ1v) is 7.60. The number of carbonyl (C=O) groups excluding carboxylic acids is 1. The van der Waals surface area contributed by atoms with Gasteiger partial charge < -0.3 is 5.32 Å². The van der Waals surface area contributed by atoms with Gasteiger partial charge >= 0.3 is 0 Å². The van der Waals surface area contributed by atoms with Crippen molar-refractivity contribution in [3.05, 3.63) is 83.7 Å². The third-order valence-electron chi connectivity index (χ3n) is 3.58. The Morgan fingerprint density at radius 1 is 1.08 bits per heavy atom. The Kier molecular flexibility index (Phi) is 4.96. The minimum absolute atomic E-state index is 0.132. The van der Waals surface area contributed by atoms with E-state index in [0.29, 0.717) is 18.7 Å². The number of hydrogen-bond acceptors (Lipinski definition) is 3. The highest BCUT2D eigenvalue weighted by Gasteiger charge is 2.04. The van der Waals surface area contributed by atoms with Crippen molar-refractivity contribution >= 4 is 5.91 Å². The molecule has 1 N–H and O–H groups in total. The number of halogens is 1. The van der Waals surface area contributed by atoms with Gasteiger partial charge in [-0.2, -0.15) is 5.10 Å². The maximum atomic E-state index is 13.1. The highest BCUT2D eigenvalue weighted by atomic mass is 19.1. The number of benzene rings is 2. The molecule has 3 rings (SSSR count). The van der Waals surface area contributed by atoms with Crippen molar-refractivity contribution in [3.8, 4) is 0 Å². The first-order chi connectivity index (χ1) is 11.7. The van der Waals surface area contributed by atoms with Crippen LogP contribution in [0.2, 0.25) is 0 Å². The van der Waals surface area contributed by atoms with Crippen molar-refractivity contribution in [2.24, 2.45) is 0 Å². The maximum absolute atomic E-state index is 13.1. The van der Waals surface area contributed by atoms with Gasteiger partial charge in [0.15, 0.2) is 0 Å². The lowest BCUT2D eigenvalue weighted by Gasteiger charge is -2.07. The minimum Gasteiger partial charge on any atom is -0.352 e. The van der Waals surface area contributed by atoms with Crippen LogP contribution in [0.1, 0.15) is 16.7 Å². The first-order valence-electron chi connectivity index (χ1n) is 7.60. The fourth-order valence-corrected chi connectivity index (χ4v) is 2.36. The summed E-state index contributed by atoms with van der Waals surface area (Å²) in [5, 5.41) is 6.90. The molecule has 2 aromatic carbocycles. The smallest absolute Gasteiger partial charge is 0.224 e. The molecule has 0 unspecified atom stereocenters. The van der Waals surface area contributed by atoms with Crippen molar-refractivity contribution in [2.45, 2.75) is 19.5 Å². The van der Waals surface area contributed by atoms with Gasteiger partial charge in [0.05, 0.1) is 13.0 Å². The van der Waals surface area contributed by atoms with Crippen LogP contribution in [0.15, 0.2) is 61.2 Å². The van der Waals surface area contributed by atoms with Crippen LogP contribution in [0.3, 0.4) is 0 Å². The predicted molar refractivity (Wildman–Crippen MR) is 87.5 cm³/mol. The zero-order chi connectivity index (χ0) is 16.8. The third kappa shape index (κ3) is 4.49. The van der Waals surface area contributed by atoms with E-state index in [1.54, 1.807) is 23.1 Å². The molecule has 0 radical (unpaired) electrons. The predicted octanol–water partition coefficient (Wildman–Crippen LogP) is 2.32. The van der Waals surface area contributed by atoms with Gasteiger partial charge in [0, 0.05) is 6.54 Å². The van der Waals surface area contributed by atoms with Crippen molar-refractivity contribution in [2.75, 3.05) is 0 Å². The lowest BCUT2D eigenvalue weighted by Crippen LogP contribution is -2.24. The molecule has 1 heterocycles. The number of nitrogens with one attached hydrogen (secondary N) is 1. The van der Waals surface area contributed by atoms with E-state index in [0.717, 1.165) is 11.1 Å². The van der Waals surface area contributed by atoms with E-state index >= 15 is 0 Å². The van der Waals surface area contributed by atoms with Gasteiger partial charge in [0.1, 0.15) is 18.5 Å². The standard InChI is InChI=1S/C18H17FN4O/c19-17-3-1-2-16(8-17)9-18(24)21-10-14-4-6-15(7-5-14)11-23-13-20-12-22-23/h1-8,12-13H,9-11H2,(H,21,24). The summed E-state index contributed by atoms with van der Waals surface area (Å²) >= 11 is 0. The van der Waals surface area contributed by atoms with Gasteiger partial charge in [-0.05, 0) is 28.8 Å². The average molecular weight is 324 g/mol. The summed E-state index contributed by atoms with van der Waals surface area (Å²) in [4.78, 5) is 15.8. The summed E-state index contributed by atoms with van der Waals surface area (Å²) in [6.45, 7) is 1.10. The molecule has 6 heteroatoms. The second kappa shape index (κ2) is 7.50. The zero-order valence-corrected chi connectivity index (χ0v) is 13.0. The highest BCUT2D eigenvalue weighted by Crippen LogP contribution is 2.07. The van der Waals surface area contributed by atoms with E-state index in [2.05, 4.69) is 15.4 Å². The number of carbonyl (C=O) groups is 1. The van der Waals surface area contributed by atoms with Gasteiger partial charge in [0.25, 0.3) is 0 Å². The van der Waals surface area contributed by atoms with Crippen molar-refractivity contribution in [3.63, 3.8) is 0 Å². The quantitative estimate of drug-likeness (QED) is 0.757. The van der Waals surface area contributed by atoms with Crippen LogP contribution in [0, 0.1) is 5.82 Å². The fraction of sp³-hybridized carbons (Fsp3) is 0.167. The minimum atomic E-state index is -0.330. The molecule has 122 valence electrons. The number of hydrogen-bond donors (Lipinski definition) is 1. The van der Waals surface area contributed by atoms with Crippen LogP contribution in [0.5, 0.6) is 0 Å². The van der Waals surface area contributed by atoms with Crippen LogP contribution < -0.4 is 5.32 Å². The molecule has 3 aromatic rings. The fourth-order valence-electron chi connectivity index (χ4n) is 2.36. The molecule has 5 nitrogen and oxygen atoms in total. The van der Waals surface area contributed by atoms with E-state index in [4.69, 9.17) is 0 Å². The Morgan fingerprint density at radius 2 is 1.88 bits per heavy atom. The lowest BCUT2D eigenvalue weighted by atomic mass is 10.1. The molecule has 1 aromatic heterocycles. The van der Waals surface area contributed by atoms with Crippen LogP contribution in [0.25, 0.3) is 0 Å². The molecular formula is C18H17FN4O. The molecule has 24 heavy (non-hydrogen) atoms. The molecule has 0 aliphatic rings. The Balaban J connectivity index is 1.50. The summed E-state index contributed by atoms with van der Waals surface area (Å²) in [6.07, 6.45) is 3.34. The average Bonchev–Trinajstić information content (AvgIpc) is 3.07. The lowest BCUT2D eigenvalue weighted by molar-refractivity contribution is -0.120. The van der Waals surface area contributed by atoms with Gasteiger partial charge in [-0.1, -0.05) is 36.4 Å². The Bertz CT molecular complexity index is 800. The van der Waals surface area contributed by atoms with Crippen LogP contribution in [0.4, 0.5) is 4.39 Å². The second-order valence-corrected chi connectivity index (χ2v) is 5.49. The second-order valence-electron chi connectivity index (χ2n) is 5.49. The van der Waals surface area contributed by atoms with Crippen LogP contribution >= 0.6 is 0 Å². The molecule has 0 saturated carbocycles. The van der Waals surface area contributed by atoms with E-state index < -0.39 is 0 Å². The van der Waals surface area contributed by atoms with E-state index in [1.165, 1.54) is 18.5 Å². The maximum Gasteiger partial charge on any atom is 0.224 e.